The number of hydrogen-bond donors (Lipinski definition) is 1. The fraction of sp³-hybridized carbons (Fsp3) is 0.259. The van der Waals surface area contributed by atoms with Gasteiger partial charge < -0.3 is 9.64 Å². The molecule has 0 bridgehead atoms. The van der Waals surface area contributed by atoms with Gasteiger partial charge in [0.05, 0.1) is 5.71 Å². The fourth-order valence-electron chi connectivity index (χ4n) is 4.40. The van der Waals surface area contributed by atoms with Crippen LogP contribution in [0.4, 0.5) is 0 Å². The lowest BCUT2D eigenvalue weighted by atomic mass is 9.94. The summed E-state index contributed by atoms with van der Waals surface area (Å²) in [5, 5.41) is 4.77. The van der Waals surface area contributed by atoms with E-state index in [4.69, 9.17) is 9.84 Å². The second-order valence-corrected chi connectivity index (χ2v) is 8.46. The first-order valence-corrected chi connectivity index (χ1v) is 11.4. The number of piperazine rings is 1. The highest BCUT2D eigenvalue weighted by molar-refractivity contribution is 6.14. The Bertz CT molecular complexity index is 1140. The third kappa shape index (κ3) is 4.61. The number of aryl methyl sites for hydroxylation is 1. The molecule has 0 saturated carbocycles. The molecule has 1 atom stereocenters. The Balaban J connectivity index is 1.24. The maximum Gasteiger partial charge on any atom is 0.260 e. The van der Waals surface area contributed by atoms with Gasteiger partial charge >= 0.3 is 0 Å². The Kier molecular flexibility index (Phi) is 6.09. The molecule has 3 aromatic rings. The minimum absolute atomic E-state index is 0.00628. The first-order valence-electron chi connectivity index (χ1n) is 11.4. The minimum atomic E-state index is -0.00628. The summed E-state index contributed by atoms with van der Waals surface area (Å²) in [4.78, 5) is 16.9. The van der Waals surface area contributed by atoms with E-state index in [-0.39, 0.29) is 18.7 Å². The molecule has 1 saturated heterocycles. The number of benzene rings is 3. The number of ether oxygens (including phenoxy) is 1. The quantitative estimate of drug-likeness (QED) is 0.659. The summed E-state index contributed by atoms with van der Waals surface area (Å²) < 4.78 is 5.64. The van der Waals surface area contributed by atoms with Gasteiger partial charge in [0.15, 0.2) is 6.61 Å². The fourth-order valence-corrected chi connectivity index (χ4v) is 4.40. The molecular formula is C27H28N4O2. The highest BCUT2D eigenvalue weighted by Crippen LogP contribution is 2.29. The summed E-state index contributed by atoms with van der Waals surface area (Å²) in [6.07, 6.45) is -0.00628. The van der Waals surface area contributed by atoms with Crippen LogP contribution in [0.15, 0.2) is 84.0 Å². The number of hydrazone groups is 1. The number of hydrogen-bond acceptors (Lipinski definition) is 5. The minimum Gasteiger partial charge on any atom is -0.484 e. The summed E-state index contributed by atoms with van der Waals surface area (Å²) in [7, 11) is 0. The average molecular weight is 441 g/mol. The van der Waals surface area contributed by atoms with Gasteiger partial charge in [0.25, 0.3) is 5.91 Å². The number of fused-ring (bicyclic) bond motifs is 1. The Morgan fingerprint density at radius 2 is 1.64 bits per heavy atom. The van der Waals surface area contributed by atoms with Gasteiger partial charge in [-0.1, -0.05) is 72.3 Å². The van der Waals surface area contributed by atoms with Crippen molar-refractivity contribution in [3.05, 3.63) is 101 Å². The van der Waals surface area contributed by atoms with E-state index in [1.165, 1.54) is 11.1 Å². The summed E-state index contributed by atoms with van der Waals surface area (Å²) >= 11 is 0. The Labute approximate surface area is 194 Å². The second-order valence-electron chi connectivity index (χ2n) is 8.46. The lowest BCUT2D eigenvalue weighted by molar-refractivity contribution is -0.135. The zero-order valence-electron chi connectivity index (χ0n) is 18.8. The van der Waals surface area contributed by atoms with Crippen LogP contribution in [0.1, 0.15) is 28.4 Å². The van der Waals surface area contributed by atoms with Crippen LogP contribution in [0.2, 0.25) is 0 Å². The molecule has 168 valence electrons. The van der Waals surface area contributed by atoms with E-state index in [9.17, 15) is 4.79 Å². The lowest BCUT2D eigenvalue weighted by Crippen LogP contribution is -2.53. The van der Waals surface area contributed by atoms with E-state index in [2.05, 4.69) is 65.8 Å². The molecule has 0 spiro atoms. The predicted molar refractivity (Wildman–Crippen MR) is 129 cm³/mol. The molecular weight excluding hydrogens is 412 g/mol. The first kappa shape index (κ1) is 21.2. The van der Waals surface area contributed by atoms with Gasteiger partial charge in [-0.25, -0.2) is 0 Å². The summed E-state index contributed by atoms with van der Waals surface area (Å²) in [6, 6.07) is 26.4. The van der Waals surface area contributed by atoms with Gasteiger partial charge in [-0.3, -0.25) is 15.1 Å². The first-order chi connectivity index (χ1) is 16.2. The zero-order valence-corrected chi connectivity index (χ0v) is 18.8. The van der Waals surface area contributed by atoms with E-state index in [1.54, 1.807) is 0 Å². The Morgan fingerprint density at radius 1 is 0.939 bits per heavy atom. The maximum absolute atomic E-state index is 12.6. The largest absolute Gasteiger partial charge is 0.484 e. The standard InChI is InChI=1S/C27H28N4O2/c1-20-11-13-21(14-12-20)26-23-9-5-6-10-24(23)27(29-28-26)31-17-15-30(16-18-31)25(32)19-33-22-7-3-2-4-8-22/h2-14,27,29H,15-19H2,1H3. The molecule has 2 aliphatic rings. The molecule has 1 amide bonds. The topological polar surface area (TPSA) is 57.2 Å². The molecule has 0 aliphatic carbocycles. The number of carbonyl (C=O) groups is 1. The SMILES string of the molecule is Cc1ccc(C2=NNC(N3CCN(C(=O)COc4ccccc4)CC3)c3ccccc32)cc1. The number of rotatable bonds is 5. The van der Waals surface area contributed by atoms with Crippen molar-refractivity contribution in [1.29, 1.82) is 0 Å². The maximum atomic E-state index is 12.6. The molecule has 1 unspecified atom stereocenters. The van der Waals surface area contributed by atoms with Gasteiger partial charge in [-0.15, -0.1) is 0 Å². The molecule has 3 aromatic carbocycles. The molecule has 5 rings (SSSR count). The number of amides is 1. The molecule has 1 fully saturated rings. The highest BCUT2D eigenvalue weighted by atomic mass is 16.5. The van der Waals surface area contributed by atoms with Crippen LogP contribution in [-0.2, 0) is 4.79 Å². The van der Waals surface area contributed by atoms with E-state index in [0.717, 1.165) is 35.7 Å². The molecule has 6 nitrogen and oxygen atoms in total. The van der Waals surface area contributed by atoms with Crippen LogP contribution in [0.25, 0.3) is 0 Å². The van der Waals surface area contributed by atoms with Gasteiger partial charge in [0.2, 0.25) is 0 Å². The third-order valence-electron chi connectivity index (χ3n) is 6.27. The van der Waals surface area contributed by atoms with Crippen LogP contribution in [0, 0.1) is 6.92 Å². The zero-order chi connectivity index (χ0) is 22.6. The molecule has 2 heterocycles. The summed E-state index contributed by atoms with van der Waals surface area (Å²) in [5.41, 5.74) is 9.06. The monoisotopic (exact) mass is 440 g/mol. The predicted octanol–water partition coefficient (Wildman–Crippen LogP) is 3.57. The van der Waals surface area contributed by atoms with Crippen molar-refractivity contribution in [3.8, 4) is 5.75 Å². The smallest absolute Gasteiger partial charge is 0.260 e. The number of nitrogens with one attached hydrogen (secondary N) is 1. The molecule has 2 aliphatic heterocycles. The number of carbonyl (C=O) groups excluding carboxylic acids is 1. The average Bonchev–Trinajstić information content (AvgIpc) is 2.88. The number of para-hydroxylation sites is 1. The van der Waals surface area contributed by atoms with E-state index in [1.807, 2.05) is 35.2 Å². The summed E-state index contributed by atoms with van der Waals surface area (Å²) in [5.74, 6) is 0.741. The Hall–Kier alpha value is -3.64. The van der Waals surface area contributed by atoms with Crippen molar-refractivity contribution >= 4 is 11.6 Å². The molecule has 0 radical (unpaired) electrons. The van der Waals surface area contributed by atoms with Crippen LogP contribution in [0.3, 0.4) is 0 Å². The van der Waals surface area contributed by atoms with Crippen molar-refractivity contribution in [2.75, 3.05) is 32.8 Å². The van der Waals surface area contributed by atoms with Crippen LogP contribution in [0.5, 0.6) is 5.75 Å². The van der Waals surface area contributed by atoms with Crippen molar-refractivity contribution in [2.24, 2.45) is 5.10 Å². The lowest BCUT2D eigenvalue weighted by Gasteiger charge is -2.40. The molecule has 1 N–H and O–H groups in total. The van der Waals surface area contributed by atoms with E-state index >= 15 is 0 Å². The van der Waals surface area contributed by atoms with Gasteiger partial charge in [-0.2, -0.15) is 5.10 Å². The van der Waals surface area contributed by atoms with Crippen molar-refractivity contribution in [2.45, 2.75) is 13.1 Å². The van der Waals surface area contributed by atoms with Crippen molar-refractivity contribution < 1.29 is 9.53 Å². The molecule has 0 aromatic heterocycles. The van der Waals surface area contributed by atoms with Gasteiger partial charge in [0.1, 0.15) is 11.9 Å². The van der Waals surface area contributed by atoms with Crippen LogP contribution < -0.4 is 10.2 Å². The van der Waals surface area contributed by atoms with Gasteiger partial charge in [0, 0.05) is 37.3 Å². The normalized spacial score (nSPS) is 18.2. The number of nitrogens with zero attached hydrogens (tertiary/aromatic N) is 3. The van der Waals surface area contributed by atoms with Gasteiger partial charge in [-0.05, 0) is 24.6 Å². The molecule has 6 heteroatoms. The van der Waals surface area contributed by atoms with Crippen molar-refractivity contribution in [1.82, 2.24) is 15.2 Å². The van der Waals surface area contributed by atoms with E-state index < -0.39 is 0 Å². The Morgan fingerprint density at radius 3 is 2.39 bits per heavy atom. The third-order valence-corrected chi connectivity index (χ3v) is 6.27. The van der Waals surface area contributed by atoms with E-state index in [0.29, 0.717) is 13.1 Å². The second kappa shape index (κ2) is 9.46. The highest BCUT2D eigenvalue weighted by Gasteiger charge is 2.31. The van der Waals surface area contributed by atoms with Crippen molar-refractivity contribution in [3.63, 3.8) is 0 Å². The van der Waals surface area contributed by atoms with Crippen LogP contribution >= 0.6 is 0 Å². The molecule has 33 heavy (non-hydrogen) atoms. The van der Waals surface area contributed by atoms with Crippen LogP contribution in [-0.4, -0.2) is 54.2 Å². The summed E-state index contributed by atoms with van der Waals surface area (Å²) in [6.45, 7) is 5.06.